The summed E-state index contributed by atoms with van der Waals surface area (Å²) in [4.78, 5) is 13.6. The van der Waals surface area contributed by atoms with Crippen molar-refractivity contribution in [2.24, 2.45) is 0 Å². The number of carbonyl (C=O) groups is 1. The molecule has 1 aliphatic rings. The Kier molecular flexibility index (Phi) is 5.99. The van der Waals surface area contributed by atoms with Crippen LogP contribution in [-0.2, 0) is 19.0 Å². The van der Waals surface area contributed by atoms with Gasteiger partial charge in [-0.3, -0.25) is 4.18 Å². The lowest BCUT2D eigenvalue weighted by atomic mass is 10.00. The molecule has 1 saturated heterocycles. The Labute approximate surface area is 155 Å². The van der Waals surface area contributed by atoms with Crippen LogP contribution in [0, 0.1) is 6.92 Å². The fraction of sp³-hybridized carbons (Fsp3) is 0.611. The number of amides is 1. The standard InChI is InChI=1S/C18H27NO6S/c1-14-5-7-15(8-6-14)26(22,23)24-12-10-18(21)9-11-19(13-18)16(20)25-17(2,3)4/h5-8,21H,9-13H2,1-4H3. The number of aryl methyl sites for hydroxylation is 1. The molecule has 26 heavy (non-hydrogen) atoms. The van der Waals surface area contributed by atoms with Gasteiger partial charge < -0.3 is 14.7 Å². The van der Waals surface area contributed by atoms with E-state index in [2.05, 4.69) is 0 Å². The largest absolute Gasteiger partial charge is 0.444 e. The summed E-state index contributed by atoms with van der Waals surface area (Å²) in [5.41, 5.74) is -0.839. The van der Waals surface area contributed by atoms with Crippen LogP contribution in [-0.4, -0.2) is 55.4 Å². The topological polar surface area (TPSA) is 93.1 Å². The van der Waals surface area contributed by atoms with Gasteiger partial charge in [0.05, 0.1) is 23.6 Å². The molecule has 1 heterocycles. The number of carbonyl (C=O) groups excluding carboxylic acids is 1. The van der Waals surface area contributed by atoms with E-state index in [9.17, 15) is 18.3 Å². The van der Waals surface area contributed by atoms with Gasteiger partial charge in [-0.05, 0) is 46.2 Å². The van der Waals surface area contributed by atoms with Crippen LogP contribution < -0.4 is 0 Å². The molecule has 1 N–H and O–H groups in total. The van der Waals surface area contributed by atoms with Crippen LogP contribution >= 0.6 is 0 Å². The van der Waals surface area contributed by atoms with Crippen molar-refractivity contribution >= 4 is 16.2 Å². The molecule has 1 amide bonds. The third-order valence-corrected chi connectivity index (χ3v) is 5.43. The Balaban J connectivity index is 1.87. The molecule has 1 aromatic carbocycles. The van der Waals surface area contributed by atoms with E-state index in [0.717, 1.165) is 5.56 Å². The van der Waals surface area contributed by atoms with Crippen LogP contribution in [0.15, 0.2) is 29.2 Å². The van der Waals surface area contributed by atoms with E-state index in [0.29, 0.717) is 13.0 Å². The molecule has 1 fully saturated rings. The van der Waals surface area contributed by atoms with Crippen molar-refractivity contribution in [1.82, 2.24) is 4.90 Å². The zero-order valence-electron chi connectivity index (χ0n) is 15.7. The highest BCUT2D eigenvalue weighted by molar-refractivity contribution is 7.86. The summed E-state index contributed by atoms with van der Waals surface area (Å²) in [7, 11) is -3.87. The number of benzene rings is 1. The number of rotatable bonds is 5. The lowest BCUT2D eigenvalue weighted by Gasteiger charge is -2.26. The number of hydrogen-bond acceptors (Lipinski definition) is 6. The molecule has 1 aromatic rings. The average Bonchev–Trinajstić information content (AvgIpc) is 2.88. The first-order chi connectivity index (χ1) is 11.9. The van der Waals surface area contributed by atoms with E-state index < -0.39 is 27.4 Å². The molecule has 0 bridgehead atoms. The molecule has 7 nitrogen and oxygen atoms in total. The minimum absolute atomic E-state index is 0.0805. The number of ether oxygens (including phenoxy) is 1. The first kappa shape index (κ1) is 20.7. The monoisotopic (exact) mass is 385 g/mol. The summed E-state index contributed by atoms with van der Waals surface area (Å²) < 4.78 is 34.7. The molecule has 2 rings (SSSR count). The minimum atomic E-state index is -3.87. The quantitative estimate of drug-likeness (QED) is 0.783. The van der Waals surface area contributed by atoms with Gasteiger partial charge in [0.2, 0.25) is 0 Å². The van der Waals surface area contributed by atoms with Crippen LogP contribution in [0.2, 0.25) is 0 Å². The van der Waals surface area contributed by atoms with E-state index in [1.54, 1.807) is 32.9 Å². The van der Waals surface area contributed by atoms with Gasteiger partial charge >= 0.3 is 6.09 Å². The van der Waals surface area contributed by atoms with Gasteiger partial charge in [-0.15, -0.1) is 0 Å². The fourth-order valence-electron chi connectivity index (χ4n) is 2.66. The number of aliphatic hydroxyl groups is 1. The van der Waals surface area contributed by atoms with Crippen LogP contribution in [0.5, 0.6) is 0 Å². The number of hydrogen-bond donors (Lipinski definition) is 1. The Morgan fingerprint density at radius 3 is 2.46 bits per heavy atom. The summed E-state index contributed by atoms with van der Waals surface area (Å²) in [6.07, 6.45) is -0.0287. The minimum Gasteiger partial charge on any atom is -0.444 e. The summed E-state index contributed by atoms with van der Waals surface area (Å²) in [5, 5.41) is 10.6. The summed E-state index contributed by atoms with van der Waals surface area (Å²) >= 11 is 0. The molecule has 1 atom stereocenters. The first-order valence-corrected chi connectivity index (χ1v) is 9.98. The van der Waals surface area contributed by atoms with Crippen LogP contribution in [0.3, 0.4) is 0 Å². The molecule has 8 heteroatoms. The summed E-state index contributed by atoms with van der Waals surface area (Å²) in [6, 6.07) is 6.36. The average molecular weight is 385 g/mol. The molecule has 0 aliphatic carbocycles. The van der Waals surface area contributed by atoms with E-state index >= 15 is 0 Å². The molecule has 146 valence electrons. The lowest BCUT2D eigenvalue weighted by Crippen LogP contribution is -2.39. The van der Waals surface area contributed by atoms with E-state index in [1.807, 2.05) is 6.92 Å². The Morgan fingerprint density at radius 1 is 1.27 bits per heavy atom. The van der Waals surface area contributed by atoms with Crippen LogP contribution in [0.25, 0.3) is 0 Å². The van der Waals surface area contributed by atoms with E-state index in [-0.39, 0.29) is 24.5 Å². The molecule has 0 aromatic heterocycles. The van der Waals surface area contributed by atoms with Gasteiger partial charge in [-0.1, -0.05) is 17.7 Å². The zero-order valence-corrected chi connectivity index (χ0v) is 16.5. The molecular weight excluding hydrogens is 358 g/mol. The molecule has 0 spiro atoms. The third-order valence-electron chi connectivity index (χ3n) is 4.10. The second kappa shape index (κ2) is 7.54. The smallest absolute Gasteiger partial charge is 0.410 e. The Morgan fingerprint density at radius 2 is 1.88 bits per heavy atom. The molecule has 1 unspecified atom stereocenters. The summed E-state index contributed by atoms with van der Waals surface area (Å²) in [6.45, 7) is 7.48. The predicted octanol–water partition coefficient (Wildman–Crippen LogP) is 2.46. The van der Waals surface area contributed by atoms with Crippen LogP contribution in [0.4, 0.5) is 4.79 Å². The maximum atomic E-state index is 12.2. The van der Waals surface area contributed by atoms with Crippen molar-refractivity contribution in [3.05, 3.63) is 29.8 Å². The molecule has 0 saturated carbocycles. The maximum Gasteiger partial charge on any atom is 0.410 e. The van der Waals surface area contributed by atoms with Gasteiger partial charge in [-0.25, -0.2) is 4.79 Å². The van der Waals surface area contributed by atoms with Gasteiger partial charge in [0.25, 0.3) is 10.1 Å². The number of β-amino-alcohol motifs (C(OH)–C–C–N with tert-alkyl or cyclic N) is 1. The van der Waals surface area contributed by atoms with E-state index in [1.165, 1.54) is 17.0 Å². The molecular formula is C18H27NO6S. The Bertz CT molecular complexity index is 738. The molecule has 0 radical (unpaired) electrons. The predicted molar refractivity (Wildman–Crippen MR) is 96.3 cm³/mol. The second-order valence-electron chi connectivity index (χ2n) is 7.72. The van der Waals surface area contributed by atoms with Gasteiger partial charge in [0.15, 0.2) is 0 Å². The van der Waals surface area contributed by atoms with Crippen molar-refractivity contribution < 1.29 is 27.2 Å². The van der Waals surface area contributed by atoms with Crippen molar-refractivity contribution in [2.45, 2.75) is 56.6 Å². The van der Waals surface area contributed by atoms with Crippen molar-refractivity contribution in [3.63, 3.8) is 0 Å². The van der Waals surface area contributed by atoms with Crippen molar-refractivity contribution in [3.8, 4) is 0 Å². The lowest BCUT2D eigenvalue weighted by molar-refractivity contribution is 0.00819. The van der Waals surface area contributed by atoms with E-state index in [4.69, 9.17) is 8.92 Å². The van der Waals surface area contributed by atoms with Gasteiger partial charge in [-0.2, -0.15) is 8.42 Å². The Hall–Kier alpha value is -1.64. The highest BCUT2D eigenvalue weighted by Crippen LogP contribution is 2.27. The number of likely N-dealkylation sites (tertiary alicyclic amines) is 1. The third kappa shape index (κ3) is 5.69. The highest BCUT2D eigenvalue weighted by atomic mass is 32.2. The van der Waals surface area contributed by atoms with Crippen molar-refractivity contribution in [1.29, 1.82) is 0 Å². The van der Waals surface area contributed by atoms with Gasteiger partial charge in [0, 0.05) is 13.0 Å². The second-order valence-corrected chi connectivity index (χ2v) is 9.33. The molecule has 1 aliphatic heterocycles. The van der Waals surface area contributed by atoms with Gasteiger partial charge in [0.1, 0.15) is 5.60 Å². The zero-order chi connectivity index (χ0) is 19.6. The first-order valence-electron chi connectivity index (χ1n) is 8.57. The normalized spacial score (nSPS) is 21.0. The van der Waals surface area contributed by atoms with Crippen molar-refractivity contribution in [2.75, 3.05) is 19.7 Å². The maximum absolute atomic E-state index is 12.2. The number of nitrogens with zero attached hydrogens (tertiary/aromatic N) is 1. The van der Waals surface area contributed by atoms with Crippen LogP contribution in [0.1, 0.15) is 39.2 Å². The fourth-order valence-corrected chi connectivity index (χ4v) is 3.57. The summed E-state index contributed by atoms with van der Waals surface area (Å²) in [5.74, 6) is 0. The SMILES string of the molecule is Cc1ccc(S(=O)(=O)OCCC2(O)CCN(C(=O)OC(C)(C)C)C2)cc1. The highest BCUT2D eigenvalue weighted by Gasteiger charge is 2.39.